The number of aromatic nitrogens is 2. The van der Waals surface area contributed by atoms with E-state index in [9.17, 15) is 13.6 Å². The summed E-state index contributed by atoms with van der Waals surface area (Å²) in [5.74, 6) is -0.556. The molecule has 2 amide bonds. The topological polar surface area (TPSA) is 85.4 Å². The van der Waals surface area contributed by atoms with Gasteiger partial charge in [-0.25, -0.2) is 18.6 Å². The first kappa shape index (κ1) is 28.3. The molecule has 9 heteroatoms. The molecule has 0 saturated carbocycles. The number of nitrogens with two attached hydrogens (primary N) is 1. The predicted molar refractivity (Wildman–Crippen MR) is 141 cm³/mol. The Morgan fingerprint density at radius 1 is 1.19 bits per heavy atom. The Morgan fingerprint density at radius 3 is 2.51 bits per heavy atom. The second kappa shape index (κ2) is 12.3. The molecule has 0 bridgehead atoms. The van der Waals surface area contributed by atoms with Crippen molar-refractivity contribution in [2.24, 2.45) is 11.1 Å². The summed E-state index contributed by atoms with van der Waals surface area (Å²) in [5, 5.41) is 2.74. The Balaban J connectivity index is 2.16. The van der Waals surface area contributed by atoms with Gasteiger partial charge in [0.05, 0.1) is 18.3 Å². The molecule has 2 atom stereocenters. The van der Waals surface area contributed by atoms with Gasteiger partial charge in [0.15, 0.2) is 0 Å². The molecule has 3 N–H and O–H groups in total. The van der Waals surface area contributed by atoms with Gasteiger partial charge in [0.25, 0.3) is 0 Å². The van der Waals surface area contributed by atoms with Crippen LogP contribution in [0, 0.1) is 17.0 Å². The number of rotatable bonds is 10. The van der Waals surface area contributed by atoms with Gasteiger partial charge in [0, 0.05) is 45.0 Å². The summed E-state index contributed by atoms with van der Waals surface area (Å²) in [6.07, 6.45) is 2.23. The monoisotopic (exact) mass is 513 g/mol. The number of nitrogens with zero attached hydrogens (tertiary/aromatic N) is 3. The van der Waals surface area contributed by atoms with Crippen LogP contribution in [0.15, 0.2) is 54.7 Å². The summed E-state index contributed by atoms with van der Waals surface area (Å²) >= 11 is 0. The summed E-state index contributed by atoms with van der Waals surface area (Å²) in [7, 11) is 3.16. The molecular formula is C28H37F2N5O2. The Labute approximate surface area is 217 Å². The van der Waals surface area contributed by atoms with Crippen LogP contribution in [0.4, 0.5) is 13.6 Å². The molecule has 0 unspecified atom stereocenters. The third-order valence-corrected chi connectivity index (χ3v) is 6.18. The molecule has 37 heavy (non-hydrogen) atoms. The third kappa shape index (κ3) is 7.14. The number of carbonyl (C=O) groups excluding carboxylic acids is 1. The second-order valence-corrected chi connectivity index (χ2v) is 10.2. The van der Waals surface area contributed by atoms with Gasteiger partial charge >= 0.3 is 6.03 Å². The van der Waals surface area contributed by atoms with E-state index >= 15 is 0 Å². The molecule has 0 saturated heterocycles. The van der Waals surface area contributed by atoms with E-state index in [4.69, 9.17) is 15.5 Å². The lowest BCUT2D eigenvalue weighted by molar-refractivity contribution is 0.102. The van der Waals surface area contributed by atoms with Gasteiger partial charge in [-0.15, -0.1) is 0 Å². The Bertz CT molecular complexity index is 1180. The van der Waals surface area contributed by atoms with Crippen molar-refractivity contribution in [3.05, 3.63) is 77.8 Å². The SMILES string of the molecule is CNC(=O)N(CC[C@H](N)COC)[C@@H](c1nc(-c2cc(F)ccc2F)cn1Cc1ccccc1)C(C)(C)C. The van der Waals surface area contributed by atoms with Crippen LogP contribution in [-0.4, -0.2) is 53.8 Å². The summed E-state index contributed by atoms with van der Waals surface area (Å²) < 4.78 is 35.9. The molecule has 0 aliphatic carbocycles. The highest BCUT2D eigenvalue weighted by Gasteiger charge is 2.38. The molecular weight excluding hydrogens is 476 g/mol. The third-order valence-electron chi connectivity index (χ3n) is 6.18. The normalized spacial score (nSPS) is 13.3. The first-order chi connectivity index (χ1) is 17.5. The van der Waals surface area contributed by atoms with E-state index in [2.05, 4.69) is 5.32 Å². The molecule has 0 aliphatic rings. The van der Waals surface area contributed by atoms with Crippen LogP contribution in [0.3, 0.4) is 0 Å². The standard InChI is InChI=1S/C28H37F2N5O2/c1-28(2,3)25(35(27(36)32-4)14-13-21(31)18-37-5)26-33-24(22-15-20(29)11-12-23(22)30)17-34(26)16-19-9-7-6-8-10-19/h6-12,15,17,21,25H,13-14,16,18,31H2,1-5H3,(H,32,36)/t21-,25-/m0/s1. The smallest absolute Gasteiger partial charge is 0.317 e. The summed E-state index contributed by atoms with van der Waals surface area (Å²) in [5.41, 5.74) is 7.09. The van der Waals surface area contributed by atoms with Crippen molar-refractivity contribution in [3.8, 4) is 11.3 Å². The minimum Gasteiger partial charge on any atom is -0.383 e. The van der Waals surface area contributed by atoms with E-state index in [-0.39, 0.29) is 17.6 Å². The Hall–Kier alpha value is -3.30. The average molecular weight is 514 g/mol. The van der Waals surface area contributed by atoms with Crippen molar-refractivity contribution < 1.29 is 18.3 Å². The molecule has 1 aromatic heterocycles. The van der Waals surface area contributed by atoms with Crippen LogP contribution in [-0.2, 0) is 11.3 Å². The zero-order valence-corrected chi connectivity index (χ0v) is 22.2. The van der Waals surface area contributed by atoms with Gasteiger partial charge in [0.2, 0.25) is 0 Å². The van der Waals surface area contributed by atoms with Crippen LogP contribution in [0.5, 0.6) is 0 Å². The van der Waals surface area contributed by atoms with Gasteiger partial charge in [-0.2, -0.15) is 0 Å². The van der Waals surface area contributed by atoms with Crippen LogP contribution < -0.4 is 11.1 Å². The summed E-state index contributed by atoms with van der Waals surface area (Å²) in [6.45, 7) is 7.23. The number of ether oxygens (including phenoxy) is 1. The number of nitrogens with one attached hydrogen (secondary N) is 1. The molecule has 3 aromatic rings. The minimum absolute atomic E-state index is 0.0642. The minimum atomic E-state index is -0.571. The van der Waals surface area contributed by atoms with Gasteiger partial charge in [-0.3, -0.25) is 0 Å². The summed E-state index contributed by atoms with van der Waals surface area (Å²) in [4.78, 5) is 19.7. The van der Waals surface area contributed by atoms with Crippen LogP contribution in [0.1, 0.15) is 44.6 Å². The van der Waals surface area contributed by atoms with E-state index < -0.39 is 23.1 Å². The van der Waals surface area contributed by atoms with Crippen molar-refractivity contribution in [2.45, 2.75) is 45.8 Å². The van der Waals surface area contributed by atoms with E-state index in [1.165, 1.54) is 0 Å². The zero-order chi connectivity index (χ0) is 27.2. The highest BCUT2D eigenvalue weighted by molar-refractivity contribution is 5.74. The van der Waals surface area contributed by atoms with Crippen LogP contribution >= 0.6 is 0 Å². The zero-order valence-electron chi connectivity index (χ0n) is 22.2. The van der Waals surface area contributed by atoms with Crippen molar-refractivity contribution in [3.63, 3.8) is 0 Å². The fourth-order valence-electron chi connectivity index (χ4n) is 4.47. The van der Waals surface area contributed by atoms with E-state index in [0.29, 0.717) is 37.6 Å². The maximum absolute atomic E-state index is 14.8. The molecule has 0 aliphatic heterocycles. The molecule has 3 rings (SSSR count). The number of benzene rings is 2. The van der Waals surface area contributed by atoms with Crippen molar-refractivity contribution in [1.29, 1.82) is 0 Å². The molecule has 2 aromatic carbocycles. The van der Waals surface area contributed by atoms with Crippen LogP contribution in [0.25, 0.3) is 11.3 Å². The Kier molecular flexibility index (Phi) is 9.39. The van der Waals surface area contributed by atoms with Gasteiger partial charge in [-0.1, -0.05) is 51.1 Å². The van der Waals surface area contributed by atoms with Gasteiger partial charge in [-0.05, 0) is 35.6 Å². The van der Waals surface area contributed by atoms with E-state index in [0.717, 1.165) is 23.8 Å². The van der Waals surface area contributed by atoms with E-state index in [1.807, 2.05) is 55.7 Å². The van der Waals surface area contributed by atoms with Crippen molar-refractivity contribution >= 4 is 6.03 Å². The fraction of sp³-hybridized carbons (Fsp3) is 0.429. The number of urea groups is 1. The highest BCUT2D eigenvalue weighted by Crippen LogP contribution is 2.39. The highest BCUT2D eigenvalue weighted by atomic mass is 19.1. The molecule has 0 radical (unpaired) electrons. The number of imidazole rings is 1. The number of hydrogen-bond donors (Lipinski definition) is 2. The lowest BCUT2D eigenvalue weighted by atomic mass is 9.84. The maximum atomic E-state index is 14.8. The molecule has 7 nitrogen and oxygen atoms in total. The predicted octanol–water partition coefficient (Wildman–Crippen LogP) is 4.97. The molecule has 0 spiro atoms. The van der Waals surface area contributed by atoms with Gasteiger partial charge < -0.3 is 25.3 Å². The molecule has 200 valence electrons. The number of halogens is 2. The number of carbonyl (C=O) groups is 1. The second-order valence-electron chi connectivity index (χ2n) is 10.2. The first-order valence-electron chi connectivity index (χ1n) is 12.3. The first-order valence-corrected chi connectivity index (χ1v) is 12.3. The quantitative estimate of drug-likeness (QED) is 0.401. The van der Waals surface area contributed by atoms with Crippen molar-refractivity contribution in [2.75, 3.05) is 27.3 Å². The average Bonchev–Trinajstić information content (AvgIpc) is 3.25. The summed E-state index contributed by atoms with van der Waals surface area (Å²) in [6, 6.07) is 12.1. The largest absolute Gasteiger partial charge is 0.383 e. The van der Waals surface area contributed by atoms with Gasteiger partial charge in [0.1, 0.15) is 17.5 Å². The molecule has 0 fully saturated rings. The number of methoxy groups -OCH3 is 1. The lowest BCUT2D eigenvalue weighted by Gasteiger charge is -2.40. The number of amides is 2. The maximum Gasteiger partial charge on any atom is 0.317 e. The Morgan fingerprint density at radius 2 is 1.89 bits per heavy atom. The number of hydrogen-bond acceptors (Lipinski definition) is 4. The van der Waals surface area contributed by atoms with E-state index in [1.54, 1.807) is 25.3 Å². The molecule has 1 heterocycles. The van der Waals surface area contributed by atoms with Crippen LogP contribution in [0.2, 0.25) is 0 Å². The lowest BCUT2D eigenvalue weighted by Crippen LogP contribution is -2.48. The fourth-order valence-corrected chi connectivity index (χ4v) is 4.47. The van der Waals surface area contributed by atoms with Crippen molar-refractivity contribution in [1.82, 2.24) is 19.8 Å².